The van der Waals surface area contributed by atoms with Crippen molar-refractivity contribution in [3.05, 3.63) is 34.2 Å². The van der Waals surface area contributed by atoms with Crippen molar-refractivity contribution in [1.29, 1.82) is 0 Å². The molecule has 0 saturated heterocycles. The van der Waals surface area contributed by atoms with Crippen molar-refractivity contribution >= 4 is 39.0 Å². The molecule has 2 amide bonds. The maximum absolute atomic E-state index is 10.8. The van der Waals surface area contributed by atoms with Crippen LogP contribution in [-0.4, -0.2) is 11.0 Å². The van der Waals surface area contributed by atoms with Gasteiger partial charge in [-0.25, -0.2) is 4.79 Å². The van der Waals surface area contributed by atoms with Crippen LogP contribution in [-0.2, 0) is 0 Å². The fourth-order valence-electron chi connectivity index (χ4n) is 1.27. The van der Waals surface area contributed by atoms with E-state index in [4.69, 9.17) is 5.73 Å². The molecule has 2 heterocycles. The van der Waals surface area contributed by atoms with E-state index < -0.39 is 6.03 Å². The van der Waals surface area contributed by atoms with Crippen LogP contribution in [0.3, 0.4) is 0 Å². The van der Waals surface area contributed by atoms with E-state index in [1.807, 2.05) is 18.2 Å². The summed E-state index contributed by atoms with van der Waals surface area (Å²) >= 11 is 4.86. The monoisotopic (exact) mass is 297 g/mol. The number of amides is 2. The van der Waals surface area contributed by atoms with Gasteiger partial charge in [0.2, 0.25) is 0 Å². The number of nitrogens with zero attached hydrogens (tertiary/aromatic N) is 1. The molecule has 4 nitrogen and oxygen atoms in total. The number of hydrogen-bond acceptors (Lipinski definition) is 3. The van der Waals surface area contributed by atoms with Gasteiger partial charge in [0.1, 0.15) is 0 Å². The lowest BCUT2D eigenvalue weighted by molar-refractivity contribution is 0.259. The van der Waals surface area contributed by atoms with E-state index in [0.29, 0.717) is 5.69 Å². The number of nitrogens with two attached hydrogens (primary N) is 1. The molecule has 0 spiro atoms. The fourth-order valence-corrected chi connectivity index (χ4v) is 2.81. The molecule has 16 heavy (non-hydrogen) atoms. The summed E-state index contributed by atoms with van der Waals surface area (Å²) < 4.78 is 0.914. The average Bonchev–Trinajstić information content (AvgIpc) is 2.60. The first-order chi connectivity index (χ1) is 7.66. The predicted octanol–water partition coefficient (Wildman–Crippen LogP) is 3.06. The highest BCUT2D eigenvalue weighted by molar-refractivity contribution is 9.11. The SMILES string of the molecule is NC(=O)Nc1cc(Br)sc1-c1ccccn1. The molecular formula is C10H8BrN3OS. The maximum Gasteiger partial charge on any atom is 0.316 e. The lowest BCUT2D eigenvalue weighted by Crippen LogP contribution is -2.19. The molecule has 2 rings (SSSR count). The third kappa shape index (κ3) is 2.40. The summed E-state index contributed by atoms with van der Waals surface area (Å²) in [6.07, 6.45) is 1.71. The molecule has 6 heteroatoms. The van der Waals surface area contributed by atoms with E-state index in [1.54, 1.807) is 12.3 Å². The maximum atomic E-state index is 10.8. The van der Waals surface area contributed by atoms with Gasteiger partial charge in [0.05, 0.1) is 20.0 Å². The molecule has 0 fully saturated rings. The zero-order valence-electron chi connectivity index (χ0n) is 8.11. The van der Waals surface area contributed by atoms with Crippen molar-refractivity contribution in [2.24, 2.45) is 5.73 Å². The molecule has 0 atom stereocenters. The molecule has 0 unspecified atom stereocenters. The van der Waals surface area contributed by atoms with Crippen molar-refractivity contribution in [1.82, 2.24) is 4.98 Å². The van der Waals surface area contributed by atoms with Crippen molar-refractivity contribution < 1.29 is 4.79 Å². The molecule has 0 radical (unpaired) electrons. The largest absolute Gasteiger partial charge is 0.351 e. The lowest BCUT2D eigenvalue weighted by Gasteiger charge is -2.02. The van der Waals surface area contributed by atoms with Gasteiger partial charge in [-0.15, -0.1) is 11.3 Å². The number of thiophene rings is 1. The number of rotatable bonds is 2. The number of carbonyl (C=O) groups excluding carboxylic acids is 1. The van der Waals surface area contributed by atoms with E-state index in [2.05, 4.69) is 26.2 Å². The van der Waals surface area contributed by atoms with Crippen LogP contribution in [0.25, 0.3) is 10.6 Å². The van der Waals surface area contributed by atoms with E-state index >= 15 is 0 Å². The van der Waals surface area contributed by atoms with Gasteiger partial charge in [-0.1, -0.05) is 6.07 Å². The number of primary amides is 1. The quantitative estimate of drug-likeness (QED) is 0.894. The molecular weight excluding hydrogens is 290 g/mol. The minimum Gasteiger partial charge on any atom is -0.351 e. The standard InChI is InChI=1S/C10H8BrN3OS/c11-8-5-7(14-10(12)15)9(16-8)6-3-1-2-4-13-6/h1-5H,(H3,12,14,15). The van der Waals surface area contributed by atoms with Gasteiger partial charge in [-0.05, 0) is 34.1 Å². The van der Waals surface area contributed by atoms with Gasteiger partial charge >= 0.3 is 6.03 Å². The number of halogens is 1. The van der Waals surface area contributed by atoms with Crippen LogP contribution in [0.15, 0.2) is 34.2 Å². The lowest BCUT2D eigenvalue weighted by atomic mass is 10.3. The highest BCUT2D eigenvalue weighted by atomic mass is 79.9. The summed E-state index contributed by atoms with van der Waals surface area (Å²) in [6.45, 7) is 0. The summed E-state index contributed by atoms with van der Waals surface area (Å²) in [6, 6.07) is 6.84. The van der Waals surface area contributed by atoms with Crippen molar-refractivity contribution in [3.63, 3.8) is 0 Å². The highest BCUT2D eigenvalue weighted by Crippen LogP contribution is 2.38. The Kier molecular flexibility index (Phi) is 3.21. The first kappa shape index (κ1) is 11.1. The second kappa shape index (κ2) is 4.63. The van der Waals surface area contributed by atoms with Crippen LogP contribution in [0.4, 0.5) is 10.5 Å². The molecule has 2 aromatic rings. The summed E-state index contributed by atoms with van der Waals surface area (Å²) in [7, 11) is 0. The molecule has 0 saturated carbocycles. The first-order valence-electron chi connectivity index (χ1n) is 4.44. The van der Waals surface area contributed by atoms with Gasteiger partial charge in [0.25, 0.3) is 0 Å². The van der Waals surface area contributed by atoms with E-state index in [0.717, 1.165) is 14.4 Å². The Hall–Kier alpha value is -1.40. The number of pyridine rings is 1. The van der Waals surface area contributed by atoms with Crippen LogP contribution in [0.1, 0.15) is 0 Å². The second-order valence-electron chi connectivity index (χ2n) is 3.00. The zero-order valence-corrected chi connectivity index (χ0v) is 10.5. The number of carbonyl (C=O) groups is 1. The molecule has 82 valence electrons. The normalized spacial score (nSPS) is 10.1. The number of hydrogen-bond donors (Lipinski definition) is 2. The molecule has 0 aliphatic carbocycles. The van der Waals surface area contributed by atoms with E-state index in [9.17, 15) is 4.79 Å². The van der Waals surface area contributed by atoms with E-state index in [-0.39, 0.29) is 0 Å². The smallest absolute Gasteiger partial charge is 0.316 e. The van der Waals surface area contributed by atoms with Gasteiger partial charge in [-0.3, -0.25) is 4.98 Å². The summed E-state index contributed by atoms with van der Waals surface area (Å²) in [5.74, 6) is 0. The van der Waals surface area contributed by atoms with Gasteiger partial charge in [-0.2, -0.15) is 0 Å². The Morgan fingerprint density at radius 1 is 1.50 bits per heavy atom. The fraction of sp³-hybridized carbons (Fsp3) is 0. The highest BCUT2D eigenvalue weighted by Gasteiger charge is 2.11. The van der Waals surface area contributed by atoms with Gasteiger partial charge < -0.3 is 11.1 Å². The van der Waals surface area contributed by atoms with Crippen LogP contribution in [0.2, 0.25) is 0 Å². The third-order valence-electron chi connectivity index (χ3n) is 1.86. The number of aromatic nitrogens is 1. The molecule has 2 aromatic heterocycles. The first-order valence-corrected chi connectivity index (χ1v) is 6.05. The number of anilines is 1. The van der Waals surface area contributed by atoms with Crippen molar-refractivity contribution in [2.75, 3.05) is 5.32 Å². The molecule has 0 bridgehead atoms. The van der Waals surface area contributed by atoms with Crippen LogP contribution in [0, 0.1) is 0 Å². The minimum atomic E-state index is -0.581. The minimum absolute atomic E-state index is 0.581. The van der Waals surface area contributed by atoms with Crippen molar-refractivity contribution in [3.8, 4) is 10.6 Å². The van der Waals surface area contributed by atoms with E-state index in [1.165, 1.54) is 11.3 Å². The predicted molar refractivity (Wildman–Crippen MR) is 68.5 cm³/mol. The van der Waals surface area contributed by atoms with Gasteiger partial charge in [0, 0.05) is 6.20 Å². The third-order valence-corrected chi connectivity index (χ3v) is 3.52. The Balaban J connectivity index is 2.44. The summed E-state index contributed by atoms with van der Waals surface area (Å²) in [5.41, 5.74) is 6.58. The zero-order chi connectivity index (χ0) is 11.5. The molecule has 3 N–H and O–H groups in total. The molecule has 0 aliphatic heterocycles. The second-order valence-corrected chi connectivity index (χ2v) is 5.43. The summed E-state index contributed by atoms with van der Waals surface area (Å²) in [5, 5.41) is 2.57. The molecule has 0 aromatic carbocycles. The van der Waals surface area contributed by atoms with Crippen molar-refractivity contribution in [2.45, 2.75) is 0 Å². The Bertz CT molecular complexity index is 512. The summed E-state index contributed by atoms with van der Waals surface area (Å²) in [4.78, 5) is 16.0. The van der Waals surface area contributed by atoms with Crippen LogP contribution in [0.5, 0.6) is 0 Å². The Labute approximate surface area is 105 Å². The average molecular weight is 298 g/mol. The van der Waals surface area contributed by atoms with Crippen LogP contribution < -0.4 is 11.1 Å². The number of urea groups is 1. The van der Waals surface area contributed by atoms with Gasteiger partial charge in [0.15, 0.2) is 0 Å². The number of nitrogens with one attached hydrogen (secondary N) is 1. The Morgan fingerprint density at radius 3 is 2.94 bits per heavy atom. The molecule has 0 aliphatic rings. The van der Waals surface area contributed by atoms with Crippen LogP contribution >= 0.6 is 27.3 Å². The topological polar surface area (TPSA) is 68.0 Å². The Morgan fingerprint density at radius 2 is 2.31 bits per heavy atom.